The van der Waals surface area contributed by atoms with E-state index in [-0.39, 0.29) is 5.91 Å². The van der Waals surface area contributed by atoms with E-state index < -0.39 is 0 Å². The molecule has 3 N–H and O–H groups in total. The molecule has 1 saturated heterocycles. The van der Waals surface area contributed by atoms with Gasteiger partial charge < -0.3 is 10.3 Å². The maximum absolute atomic E-state index is 12.3. The molecule has 2 rings (SSSR count). The van der Waals surface area contributed by atoms with E-state index in [1.54, 1.807) is 0 Å². The number of aromatic nitrogens is 2. The van der Waals surface area contributed by atoms with Crippen molar-refractivity contribution in [2.24, 2.45) is 5.84 Å². The molecule has 6 heteroatoms. The van der Waals surface area contributed by atoms with Gasteiger partial charge in [0.25, 0.3) is 5.91 Å². The van der Waals surface area contributed by atoms with E-state index in [9.17, 15) is 4.79 Å². The van der Waals surface area contributed by atoms with Gasteiger partial charge in [-0.2, -0.15) is 0 Å². The molecule has 0 bridgehead atoms. The second-order valence-corrected chi connectivity index (χ2v) is 4.49. The lowest BCUT2D eigenvalue weighted by atomic mass is 10.1. The van der Waals surface area contributed by atoms with Gasteiger partial charge in [0.15, 0.2) is 5.82 Å². The molecular weight excluding hydrogens is 230 g/mol. The minimum Gasteiger partial charge on any atom is -0.337 e. The SMILES string of the molecule is NNc1cncc(C(=O)N2CCCCCCC2)n1. The molecule has 0 aliphatic carbocycles. The molecule has 1 aliphatic heterocycles. The van der Waals surface area contributed by atoms with Crippen LogP contribution in [0.3, 0.4) is 0 Å². The zero-order valence-corrected chi connectivity index (χ0v) is 10.4. The summed E-state index contributed by atoms with van der Waals surface area (Å²) in [7, 11) is 0. The average molecular weight is 249 g/mol. The molecule has 0 saturated carbocycles. The average Bonchev–Trinajstić information content (AvgIpc) is 2.38. The van der Waals surface area contributed by atoms with Gasteiger partial charge in [0.2, 0.25) is 0 Å². The highest BCUT2D eigenvalue weighted by molar-refractivity contribution is 5.92. The number of nitrogens with two attached hydrogens (primary N) is 1. The number of nitrogen functional groups attached to an aromatic ring is 1. The summed E-state index contributed by atoms with van der Waals surface area (Å²) >= 11 is 0. The summed E-state index contributed by atoms with van der Waals surface area (Å²) in [4.78, 5) is 22.2. The fraction of sp³-hybridized carbons (Fsp3) is 0.583. The highest BCUT2D eigenvalue weighted by atomic mass is 16.2. The minimum absolute atomic E-state index is 0.0542. The van der Waals surface area contributed by atoms with Gasteiger partial charge in [-0.3, -0.25) is 9.78 Å². The van der Waals surface area contributed by atoms with E-state index in [2.05, 4.69) is 15.4 Å². The zero-order valence-electron chi connectivity index (χ0n) is 10.4. The Morgan fingerprint density at radius 1 is 1.17 bits per heavy atom. The molecule has 1 aliphatic rings. The third kappa shape index (κ3) is 3.16. The molecule has 6 nitrogen and oxygen atoms in total. The van der Waals surface area contributed by atoms with Gasteiger partial charge in [0.05, 0.1) is 12.4 Å². The van der Waals surface area contributed by atoms with Gasteiger partial charge >= 0.3 is 0 Å². The molecule has 1 aromatic rings. The molecular formula is C12H19N5O. The number of amides is 1. The second kappa shape index (κ2) is 6.30. The first-order valence-corrected chi connectivity index (χ1v) is 6.39. The molecule has 1 fully saturated rings. The Bertz CT molecular complexity index is 401. The molecule has 0 unspecified atom stereocenters. The molecule has 1 aromatic heterocycles. The third-order valence-corrected chi connectivity index (χ3v) is 3.14. The fourth-order valence-electron chi connectivity index (χ4n) is 2.15. The van der Waals surface area contributed by atoms with Crippen LogP contribution in [0.5, 0.6) is 0 Å². The number of nitrogens with zero attached hydrogens (tertiary/aromatic N) is 3. The van der Waals surface area contributed by atoms with Crippen LogP contribution in [0.2, 0.25) is 0 Å². The predicted molar refractivity (Wildman–Crippen MR) is 68.8 cm³/mol. The number of carbonyl (C=O) groups excluding carboxylic acids is 1. The van der Waals surface area contributed by atoms with Crippen molar-refractivity contribution in [2.75, 3.05) is 18.5 Å². The van der Waals surface area contributed by atoms with Crippen LogP contribution in [0.1, 0.15) is 42.6 Å². The van der Waals surface area contributed by atoms with Crippen molar-refractivity contribution in [3.63, 3.8) is 0 Å². The van der Waals surface area contributed by atoms with Crippen LogP contribution in [0.15, 0.2) is 12.4 Å². The number of nitrogens with one attached hydrogen (secondary N) is 1. The first-order chi connectivity index (χ1) is 8.81. The molecule has 0 atom stereocenters. The molecule has 1 amide bonds. The highest BCUT2D eigenvalue weighted by Gasteiger charge is 2.18. The topological polar surface area (TPSA) is 84.1 Å². The van der Waals surface area contributed by atoms with Gasteiger partial charge in [-0.15, -0.1) is 0 Å². The van der Waals surface area contributed by atoms with E-state index in [0.29, 0.717) is 11.5 Å². The monoisotopic (exact) mass is 249 g/mol. The number of anilines is 1. The number of rotatable bonds is 2. The van der Waals surface area contributed by atoms with Crippen molar-refractivity contribution in [2.45, 2.75) is 32.1 Å². The van der Waals surface area contributed by atoms with Crippen molar-refractivity contribution in [3.05, 3.63) is 18.1 Å². The van der Waals surface area contributed by atoms with Crippen LogP contribution in [0.4, 0.5) is 5.82 Å². The molecule has 98 valence electrons. The summed E-state index contributed by atoms with van der Waals surface area (Å²) in [6.45, 7) is 1.61. The van der Waals surface area contributed by atoms with Gasteiger partial charge in [0, 0.05) is 13.1 Å². The van der Waals surface area contributed by atoms with E-state index in [1.165, 1.54) is 31.7 Å². The number of carbonyl (C=O) groups is 1. The minimum atomic E-state index is -0.0542. The molecule has 0 radical (unpaired) electrons. The van der Waals surface area contributed by atoms with E-state index >= 15 is 0 Å². The van der Waals surface area contributed by atoms with Crippen LogP contribution in [0, 0.1) is 0 Å². The first kappa shape index (κ1) is 12.8. The van der Waals surface area contributed by atoms with E-state index in [1.807, 2.05) is 4.90 Å². The lowest BCUT2D eigenvalue weighted by Gasteiger charge is -2.24. The van der Waals surface area contributed by atoms with Gasteiger partial charge in [0.1, 0.15) is 5.69 Å². The van der Waals surface area contributed by atoms with Crippen molar-refractivity contribution < 1.29 is 4.79 Å². The number of hydrazine groups is 1. The summed E-state index contributed by atoms with van der Waals surface area (Å²) in [6, 6.07) is 0. The van der Waals surface area contributed by atoms with Gasteiger partial charge in [-0.1, -0.05) is 19.3 Å². The van der Waals surface area contributed by atoms with Crippen LogP contribution in [-0.4, -0.2) is 33.9 Å². The van der Waals surface area contributed by atoms with Gasteiger partial charge in [-0.05, 0) is 12.8 Å². The zero-order chi connectivity index (χ0) is 12.8. The summed E-state index contributed by atoms with van der Waals surface area (Å²) in [5, 5.41) is 0. The smallest absolute Gasteiger partial charge is 0.274 e. The number of likely N-dealkylation sites (tertiary alicyclic amines) is 1. The largest absolute Gasteiger partial charge is 0.337 e. The van der Waals surface area contributed by atoms with E-state index in [4.69, 9.17) is 5.84 Å². The molecule has 18 heavy (non-hydrogen) atoms. The van der Waals surface area contributed by atoms with Gasteiger partial charge in [-0.25, -0.2) is 10.8 Å². The lowest BCUT2D eigenvalue weighted by Crippen LogP contribution is -2.34. The fourth-order valence-corrected chi connectivity index (χ4v) is 2.15. The Kier molecular flexibility index (Phi) is 4.46. The molecule has 0 spiro atoms. The van der Waals surface area contributed by atoms with Crippen LogP contribution in [-0.2, 0) is 0 Å². The predicted octanol–water partition coefficient (Wildman–Crippen LogP) is 1.17. The summed E-state index contributed by atoms with van der Waals surface area (Å²) in [5.41, 5.74) is 2.76. The summed E-state index contributed by atoms with van der Waals surface area (Å²) < 4.78 is 0. The third-order valence-electron chi connectivity index (χ3n) is 3.14. The van der Waals surface area contributed by atoms with E-state index in [0.717, 1.165) is 25.9 Å². The Labute approximate surface area is 107 Å². The summed E-state index contributed by atoms with van der Waals surface area (Å²) in [6.07, 6.45) is 8.77. The Morgan fingerprint density at radius 3 is 2.50 bits per heavy atom. The maximum Gasteiger partial charge on any atom is 0.274 e. The maximum atomic E-state index is 12.3. The Morgan fingerprint density at radius 2 is 1.83 bits per heavy atom. The summed E-state index contributed by atoms with van der Waals surface area (Å²) in [5.74, 6) is 5.62. The standard InChI is InChI=1S/C12H19N5O/c13-16-11-9-14-8-10(15-11)12(18)17-6-4-2-1-3-5-7-17/h8-9H,1-7,13H2,(H,15,16). The molecule has 0 aromatic carbocycles. The van der Waals surface area contributed by atoms with Crippen LogP contribution < -0.4 is 11.3 Å². The van der Waals surface area contributed by atoms with Crippen LogP contribution >= 0.6 is 0 Å². The Balaban J connectivity index is 2.08. The highest BCUT2D eigenvalue weighted by Crippen LogP contribution is 2.13. The Hall–Kier alpha value is -1.69. The number of hydrogen-bond acceptors (Lipinski definition) is 5. The second-order valence-electron chi connectivity index (χ2n) is 4.49. The van der Waals surface area contributed by atoms with Crippen LogP contribution in [0.25, 0.3) is 0 Å². The van der Waals surface area contributed by atoms with Crippen molar-refractivity contribution in [1.82, 2.24) is 14.9 Å². The normalized spacial score (nSPS) is 16.8. The lowest BCUT2D eigenvalue weighted by molar-refractivity contribution is 0.0736. The first-order valence-electron chi connectivity index (χ1n) is 6.39. The van der Waals surface area contributed by atoms with Crippen molar-refractivity contribution in [3.8, 4) is 0 Å². The van der Waals surface area contributed by atoms with Crippen molar-refractivity contribution >= 4 is 11.7 Å². The number of hydrogen-bond donors (Lipinski definition) is 2. The van der Waals surface area contributed by atoms with Crippen molar-refractivity contribution in [1.29, 1.82) is 0 Å². The molecule has 2 heterocycles. The quantitative estimate of drug-likeness (QED) is 0.607.